The first-order valence-electron chi connectivity index (χ1n) is 10.4. The molecule has 0 aliphatic carbocycles. The molecule has 1 fully saturated rings. The lowest BCUT2D eigenvalue weighted by Gasteiger charge is -2.32. The summed E-state index contributed by atoms with van der Waals surface area (Å²) in [6, 6.07) is 10.7. The van der Waals surface area contributed by atoms with Gasteiger partial charge in [0.2, 0.25) is 0 Å². The fourth-order valence-corrected chi connectivity index (χ4v) is 3.41. The molecule has 0 spiro atoms. The Morgan fingerprint density at radius 3 is 2.52 bits per heavy atom. The highest BCUT2D eigenvalue weighted by Crippen LogP contribution is 2.19. The molecule has 166 valence electrons. The van der Waals surface area contributed by atoms with Gasteiger partial charge in [-0.25, -0.2) is 0 Å². The Labute approximate surface area is 198 Å². The van der Waals surface area contributed by atoms with Crippen LogP contribution in [0.1, 0.15) is 38.7 Å². The summed E-state index contributed by atoms with van der Waals surface area (Å²) < 4.78 is 6.30. The Hall–Kier alpha value is -0.510. The number of likely N-dealkylation sites (tertiary alicyclic amines) is 1. The molecule has 0 bridgehead atoms. The second-order valence-corrected chi connectivity index (χ2v) is 9.52. The third kappa shape index (κ3) is 10.9. The van der Waals surface area contributed by atoms with Crippen LogP contribution < -0.4 is 10.6 Å². The fraction of sp³-hybridized carbons (Fsp3) is 0.682. The number of hydrogen-bond donors (Lipinski definition) is 2. The van der Waals surface area contributed by atoms with Gasteiger partial charge in [0.1, 0.15) is 0 Å². The molecule has 1 aromatic carbocycles. The van der Waals surface area contributed by atoms with E-state index in [-0.39, 0.29) is 28.7 Å². The van der Waals surface area contributed by atoms with Gasteiger partial charge < -0.3 is 15.4 Å². The maximum absolute atomic E-state index is 6.10. The van der Waals surface area contributed by atoms with Gasteiger partial charge >= 0.3 is 0 Å². The lowest BCUT2D eigenvalue weighted by molar-refractivity contribution is 0.00534. The van der Waals surface area contributed by atoms with Crippen LogP contribution in [0.2, 0.25) is 0 Å². The Balaban J connectivity index is 0.00000420. The molecule has 7 heteroatoms. The molecule has 0 aromatic heterocycles. The van der Waals surface area contributed by atoms with Gasteiger partial charge in [-0.15, -0.1) is 24.0 Å². The zero-order valence-electron chi connectivity index (χ0n) is 18.4. The molecule has 0 unspecified atom stereocenters. The van der Waals surface area contributed by atoms with Crippen molar-refractivity contribution in [3.05, 3.63) is 35.9 Å². The van der Waals surface area contributed by atoms with E-state index in [4.69, 9.17) is 4.74 Å². The number of aliphatic imine (C=N–C) groups is 1. The van der Waals surface area contributed by atoms with Crippen LogP contribution >= 0.6 is 35.7 Å². The summed E-state index contributed by atoms with van der Waals surface area (Å²) in [5, 5.41) is 6.78. The van der Waals surface area contributed by atoms with Crippen molar-refractivity contribution >= 4 is 41.7 Å². The summed E-state index contributed by atoms with van der Waals surface area (Å²) in [6.45, 7) is 10.4. The first-order valence-corrected chi connectivity index (χ1v) is 11.6. The Morgan fingerprint density at radius 1 is 1.21 bits per heavy atom. The van der Waals surface area contributed by atoms with Gasteiger partial charge in [-0.2, -0.15) is 11.8 Å². The standard InChI is InChI=1S/C22H38N4OS.HI/c1-22(2,28-4)18-25-21(23-3)24-13-8-16-27-20-11-14-26(15-12-20)17-19-9-6-5-7-10-19;/h5-7,9-10,20H,8,11-18H2,1-4H3,(H2,23,24,25);1H. The van der Waals surface area contributed by atoms with Crippen molar-refractivity contribution in [3.8, 4) is 0 Å². The molecule has 0 saturated carbocycles. The molecule has 29 heavy (non-hydrogen) atoms. The van der Waals surface area contributed by atoms with Crippen molar-refractivity contribution in [2.45, 2.75) is 50.5 Å². The van der Waals surface area contributed by atoms with Crippen LogP contribution in [0.5, 0.6) is 0 Å². The van der Waals surface area contributed by atoms with Gasteiger partial charge in [0.25, 0.3) is 0 Å². The third-order valence-corrected chi connectivity index (χ3v) is 6.46. The average molecular weight is 535 g/mol. The van der Waals surface area contributed by atoms with E-state index in [1.165, 1.54) is 5.56 Å². The largest absolute Gasteiger partial charge is 0.378 e. The molecule has 0 radical (unpaired) electrons. The van der Waals surface area contributed by atoms with E-state index in [1.807, 2.05) is 18.8 Å². The van der Waals surface area contributed by atoms with E-state index in [0.717, 1.165) is 64.6 Å². The number of halogens is 1. The predicted molar refractivity (Wildman–Crippen MR) is 138 cm³/mol. The minimum atomic E-state index is 0. The smallest absolute Gasteiger partial charge is 0.191 e. The molecular weight excluding hydrogens is 495 g/mol. The van der Waals surface area contributed by atoms with Gasteiger partial charge in [0.05, 0.1) is 6.10 Å². The highest BCUT2D eigenvalue weighted by atomic mass is 127. The number of thioether (sulfide) groups is 1. The number of ether oxygens (including phenoxy) is 1. The average Bonchev–Trinajstić information content (AvgIpc) is 2.72. The topological polar surface area (TPSA) is 48.9 Å². The van der Waals surface area contributed by atoms with Gasteiger partial charge in [-0.3, -0.25) is 9.89 Å². The van der Waals surface area contributed by atoms with Crippen molar-refractivity contribution < 1.29 is 4.74 Å². The molecule has 1 heterocycles. The van der Waals surface area contributed by atoms with Crippen LogP contribution in [0.15, 0.2) is 35.3 Å². The van der Waals surface area contributed by atoms with Crippen molar-refractivity contribution in [3.63, 3.8) is 0 Å². The quantitative estimate of drug-likeness (QED) is 0.206. The fourth-order valence-electron chi connectivity index (χ4n) is 3.19. The Bertz CT molecular complexity index is 577. The minimum absolute atomic E-state index is 0. The summed E-state index contributed by atoms with van der Waals surface area (Å²) in [5.41, 5.74) is 1.40. The summed E-state index contributed by atoms with van der Waals surface area (Å²) >= 11 is 1.86. The highest BCUT2D eigenvalue weighted by Gasteiger charge is 2.19. The maximum atomic E-state index is 6.10. The van der Waals surface area contributed by atoms with Gasteiger partial charge in [-0.05, 0) is 44.9 Å². The summed E-state index contributed by atoms with van der Waals surface area (Å²) in [7, 11) is 1.82. The second-order valence-electron chi connectivity index (χ2n) is 8.00. The summed E-state index contributed by atoms with van der Waals surface area (Å²) in [4.78, 5) is 6.82. The van der Waals surface area contributed by atoms with Crippen molar-refractivity contribution in [1.82, 2.24) is 15.5 Å². The lowest BCUT2D eigenvalue weighted by atomic mass is 10.1. The molecule has 1 aliphatic heterocycles. The second kappa shape index (κ2) is 14.5. The van der Waals surface area contributed by atoms with Crippen LogP contribution in [-0.2, 0) is 11.3 Å². The number of nitrogens with zero attached hydrogens (tertiary/aromatic N) is 2. The van der Waals surface area contributed by atoms with Crippen molar-refractivity contribution in [1.29, 1.82) is 0 Å². The van der Waals surface area contributed by atoms with Gasteiger partial charge in [0.15, 0.2) is 5.96 Å². The number of rotatable bonds is 10. The Kier molecular flexibility index (Phi) is 13.3. The number of nitrogens with one attached hydrogen (secondary N) is 2. The summed E-state index contributed by atoms with van der Waals surface area (Å²) in [5.74, 6) is 0.872. The zero-order chi connectivity index (χ0) is 20.2. The van der Waals surface area contributed by atoms with Crippen molar-refractivity contribution in [2.24, 2.45) is 4.99 Å². The molecular formula is C22H39IN4OS. The molecule has 5 nitrogen and oxygen atoms in total. The molecule has 2 rings (SSSR count). The third-order valence-electron chi connectivity index (χ3n) is 5.21. The van der Waals surface area contributed by atoms with Crippen LogP contribution in [0, 0.1) is 0 Å². The Morgan fingerprint density at radius 2 is 1.90 bits per heavy atom. The van der Waals surface area contributed by atoms with E-state index in [1.54, 1.807) is 0 Å². The molecule has 1 aliphatic rings. The molecule has 2 N–H and O–H groups in total. The molecule has 1 aromatic rings. The first-order chi connectivity index (χ1) is 13.5. The number of hydrogen-bond acceptors (Lipinski definition) is 4. The zero-order valence-corrected chi connectivity index (χ0v) is 21.6. The van der Waals surface area contributed by atoms with Gasteiger partial charge in [-0.1, -0.05) is 30.3 Å². The molecule has 0 atom stereocenters. The minimum Gasteiger partial charge on any atom is -0.378 e. The van der Waals surface area contributed by atoms with E-state index < -0.39 is 0 Å². The van der Waals surface area contributed by atoms with Crippen LogP contribution in [0.4, 0.5) is 0 Å². The van der Waals surface area contributed by atoms with Crippen LogP contribution in [0.3, 0.4) is 0 Å². The maximum Gasteiger partial charge on any atom is 0.191 e. The number of benzene rings is 1. The monoisotopic (exact) mass is 534 g/mol. The van der Waals surface area contributed by atoms with E-state index in [2.05, 4.69) is 71.0 Å². The molecule has 1 saturated heterocycles. The predicted octanol–water partition coefficient (Wildman–Crippen LogP) is 3.98. The molecule has 0 amide bonds. The number of guanidine groups is 1. The highest BCUT2D eigenvalue weighted by molar-refractivity contribution is 14.0. The van der Waals surface area contributed by atoms with E-state index in [9.17, 15) is 0 Å². The van der Waals surface area contributed by atoms with E-state index in [0.29, 0.717) is 6.10 Å². The normalized spacial score (nSPS) is 16.3. The van der Waals surface area contributed by atoms with Crippen LogP contribution in [0.25, 0.3) is 0 Å². The first kappa shape index (κ1) is 26.5. The summed E-state index contributed by atoms with van der Waals surface area (Å²) in [6.07, 6.45) is 5.81. The van der Waals surface area contributed by atoms with Crippen LogP contribution in [-0.4, -0.2) is 67.8 Å². The van der Waals surface area contributed by atoms with Crippen molar-refractivity contribution in [2.75, 3.05) is 46.1 Å². The SMILES string of the molecule is CN=C(NCCCOC1CCN(Cc2ccccc2)CC1)NCC(C)(C)SC.I. The number of piperidine rings is 1. The lowest BCUT2D eigenvalue weighted by Crippen LogP contribution is -2.43. The van der Waals surface area contributed by atoms with Gasteiger partial charge in [0, 0.05) is 51.1 Å². The van der Waals surface area contributed by atoms with E-state index >= 15 is 0 Å².